The molecule has 2 aromatic heterocycles. The minimum atomic E-state index is -0.173. The molecule has 6 heteroatoms. The summed E-state index contributed by atoms with van der Waals surface area (Å²) in [4.78, 5) is 11.2. The van der Waals surface area contributed by atoms with Crippen molar-refractivity contribution in [3.8, 4) is 5.82 Å². The maximum Gasteiger partial charge on any atom is 0.174 e. The number of benzene rings is 1. The summed E-state index contributed by atoms with van der Waals surface area (Å²) in [5, 5.41) is 4.47. The SMILES string of the molecule is Cc1cc(C)n(-c2cncc(N3CCc4cc(F)ccc4C3)n2)n1. The standard InChI is InChI=1S/C18H18FN5/c1-12-7-13(2)24(22-12)18-10-20-9-17(21-18)23-6-5-14-8-16(19)4-3-15(14)11-23/h3-4,7-10H,5-6,11H2,1-2H3. The van der Waals surface area contributed by atoms with Gasteiger partial charge in [0.05, 0.1) is 18.1 Å². The molecule has 0 atom stereocenters. The van der Waals surface area contributed by atoms with Crippen molar-refractivity contribution in [2.75, 3.05) is 11.4 Å². The number of aryl methyl sites for hydroxylation is 2. The van der Waals surface area contributed by atoms with E-state index in [1.165, 1.54) is 6.07 Å². The minimum absolute atomic E-state index is 0.173. The number of halogens is 1. The van der Waals surface area contributed by atoms with Crippen LogP contribution in [0.15, 0.2) is 36.7 Å². The van der Waals surface area contributed by atoms with Gasteiger partial charge in [0.2, 0.25) is 0 Å². The highest BCUT2D eigenvalue weighted by Crippen LogP contribution is 2.24. The summed E-state index contributed by atoms with van der Waals surface area (Å²) in [6, 6.07) is 7.01. The predicted octanol–water partition coefficient (Wildman–Crippen LogP) is 2.98. The Morgan fingerprint density at radius 2 is 1.88 bits per heavy atom. The summed E-state index contributed by atoms with van der Waals surface area (Å²) in [5.74, 6) is 1.35. The van der Waals surface area contributed by atoms with Crippen LogP contribution in [0.5, 0.6) is 0 Å². The van der Waals surface area contributed by atoms with Crippen molar-refractivity contribution in [2.24, 2.45) is 0 Å². The molecule has 3 aromatic rings. The molecule has 0 unspecified atom stereocenters. The Balaban J connectivity index is 1.65. The van der Waals surface area contributed by atoms with Crippen LogP contribution in [0, 0.1) is 19.7 Å². The molecule has 1 aromatic carbocycles. The Morgan fingerprint density at radius 1 is 1.04 bits per heavy atom. The molecule has 1 aliphatic rings. The normalized spacial score (nSPS) is 13.9. The number of nitrogens with zero attached hydrogens (tertiary/aromatic N) is 5. The predicted molar refractivity (Wildman–Crippen MR) is 89.8 cm³/mol. The second-order valence-electron chi connectivity index (χ2n) is 6.16. The third kappa shape index (κ3) is 2.64. The van der Waals surface area contributed by atoms with Gasteiger partial charge in [0.1, 0.15) is 11.6 Å². The zero-order chi connectivity index (χ0) is 16.7. The first kappa shape index (κ1) is 14.8. The lowest BCUT2D eigenvalue weighted by atomic mass is 10.00. The minimum Gasteiger partial charge on any atom is -0.351 e. The molecule has 5 nitrogen and oxygen atoms in total. The van der Waals surface area contributed by atoms with Gasteiger partial charge in [0, 0.05) is 18.8 Å². The molecule has 0 aliphatic carbocycles. The van der Waals surface area contributed by atoms with Crippen LogP contribution in [-0.2, 0) is 13.0 Å². The van der Waals surface area contributed by atoms with E-state index in [0.717, 1.165) is 41.3 Å². The molecular weight excluding hydrogens is 305 g/mol. The Labute approximate surface area is 139 Å². The van der Waals surface area contributed by atoms with E-state index in [4.69, 9.17) is 4.98 Å². The first-order chi connectivity index (χ1) is 11.6. The fourth-order valence-electron chi connectivity index (χ4n) is 3.18. The summed E-state index contributed by atoms with van der Waals surface area (Å²) < 4.78 is 15.2. The average Bonchev–Trinajstić information content (AvgIpc) is 2.93. The van der Waals surface area contributed by atoms with Gasteiger partial charge in [-0.25, -0.2) is 14.1 Å². The monoisotopic (exact) mass is 323 g/mol. The smallest absolute Gasteiger partial charge is 0.174 e. The first-order valence-electron chi connectivity index (χ1n) is 7.98. The van der Waals surface area contributed by atoms with E-state index < -0.39 is 0 Å². The van der Waals surface area contributed by atoms with Gasteiger partial charge in [-0.3, -0.25) is 4.98 Å². The van der Waals surface area contributed by atoms with Crippen LogP contribution in [0.2, 0.25) is 0 Å². The van der Waals surface area contributed by atoms with Gasteiger partial charge in [-0.1, -0.05) is 6.07 Å². The number of rotatable bonds is 2. The summed E-state index contributed by atoms with van der Waals surface area (Å²) in [7, 11) is 0. The largest absolute Gasteiger partial charge is 0.351 e. The van der Waals surface area contributed by atoms with Crippen molar-refractivity contribution in [2.45, 2.75) is 26.8 Å². The quantitative estimate of drug-likeness (QED) is 0.727. The Kier molecular flexibility index (Phi) is 3.52. The maximum atomic E-state index is 13.3. The highest BCUT2D eigenvalue weighted by atomic mass is 19.1. The molecule has 0 saturated heterocycles. The van der Waals surface area contributed by atoms with Gasteiger partial charge in [0.25, 0.3) is 0 Å². The van der Waals surface area contributed by atoms with E-state index in [0.29, 0.717) is 12.4 Å². The Morgan fingerprint density at radius 3 is 2.67 bits per heavy atom. The molecule has 0 spiro atoms. The number of hydrogen-bond donors (Lipinski definition) is 0. The lowest BCUT2D eigenvalue weighted by Gasteiger charge is -2.29. The second kappa shape index (κ2) is 5.70. The molecule has 0 N–H and O–H groups in total. The molecule has 0 bridgehead atoms. The van der Waals surface area contributed by atoms with Crippen molar-refractivity contribution in [1.29, 1.82) is 0 Å². The summed E-state index contributed by atoms with van der Waals surface area (Å²) in [5.41, 5.74) is 4.20. The summed E-state index contributed by atoms with van der Waals surface area (Å²) in [6.07, 6.45) is 4.29. The lowest BCUT2D eigenvalue weighted by molar-refractivity contribution is 0.618. The van der Waals surface area contributed by atoms with E-state index in [2.05, 4.69) is 15.0 Å². The highest BCUT2D eigenvalue weighted by Gasteiger charge is 2.19. The van der Waals surface area contributed by atoms with Gasteiger partial charge < -0.3 is 4.90 Å². The maximum absolute atomic E-state index is 13.3. The first-order valence-corrected chi connectivity index (χ1v) is 7.98. The number of anilines is 1. The van der Waals surface area contributed by atoms with Crippen molar-refractivity contribution < 1.29 is 4.39 Å². The van der Waals surface area contributed by atoms with E-state index in [1.807, 2.05) is 26.0 Å². The number of aromatic nitrogens is 4. The molecule has 4 rings (SSSR count). The summed E-state index contributed by atoms with van der Waals surface area (Å²) in [6.45, 7) is 5.47. The van der Waals surface area contributed by atoms with Gasteiger partial charge in [0.15, 0.2) is 5.82 Å². The highest BCUT2D eigenvalue weighted by molar-refractivity contribution is 5.45. The van der Waals surface area contributed by atoms with E-state index in [-0.39, 0.29) is 5.82 Å². The third-order valence-corrected chi connectivity index (χ3v) is 4.34. The van der Waals surface area contributed by atoms with Crippen molar-refractivity contribution in [1.82, 2.24) is 19.7 Å². The topological polar surface area (TPSA) is 46.8 Å². The molecule has 0 amide bonds. The molecular formula is C18H18FN5. The molecule has 3 heterocycles. The van der Waals surface area contributed by atoms with Crippen LogP contribution in [0.3, 0.4) is 0 Å². The van der Waals surface area contributed by atoms with Gasteiger partial charge in [-0.05, 0) is 49.6 Å². The molecule has 0 fully saturated rings. The van der Waals surface area contributed by atoms with Crippen molar-refractivity contribution in [3.05, 3.63) is 65.0 Å². The van der Waals surface area contributed by atoms with Crippen LogP contribution < -0.4 is 4.90 Å². The van der Waals surface area contributed by atoms with Crippen LogP contribution in [0.1, 0.15) is 22.5 Å². The Bertz CT molecular complexity index is 902. The van der Waals surface area contributed by atoms with Gasteiger partial charge in [-0.2, -0.15) is 5.10 Å². The summed E-state index contributed by atoms with van der Waals surface area (Å²) >= 11 is 0. The van der Waals surface area contributed by atoms with Crippen LogP contribution in [0.4, 0.5) is 10.2 Å². The number of hydrogen-bond acceptors (Lipinski definition) is 4. The van der Waals surface area contributed by atoms with Gasteiger partial charge in [-0.15, -0.1) is 0 Å². The van der Waals surface area contributed by atoms with Crippen molar-refractivity contribution >= 4 is 5.82 Å². The molecule has 24 heavy (non-hydrogen) atoms. The van der Waals surface area contributed by atoms with E-state index in [1.54, 1.807) is 23.1 Å². The molecule has 122 valence electrons. The zero-order valence-corrected chi connectivity index (χ0v) is 13.7. The average molecular weight is 323 g/mol. The fourth-order valence-corrected chi connectivity index (χ4v) is 3.18. The lowest BCUT2D eigenvalue weighted by Crippen LogP contribution is -2.31. The molecule has 0 saturated carbocycles. The van der Waals surface area contributed by atoms with Crippen molar-refractivity contribution in [3.63, 3.8) is 0 Å². The van der Waals surface area contributed by atoms with Crippen LogP contribution in [-0.4, -0.2) is 26.3 Å². The molecule has 0 radical (unpaired) electrons. The Hall–Kier alpha value is -2.76. The van der Waals surface area contributed by atoms with E-state index >= 15 is 0 Å². The van der Waals surface area contributed by atoms with Crippen LogP contribution in [0.25, 0.3) is 5.82 Å². The van der Waals surface area contributed by atoms with Crippen LogP contribution >= 0.6 is 0 Å². The second-order valence-corrected chi connectivity index (χ2v) is 6.16. The molecule has 1 aliphatic heterocycles. The third-order valence-electron chi connectivity index (χ3n) is 4.34. The fraction of sp³-hybridized carbons (Fsp3) is 0.278. The number of fused-ring (bicyclic) bond motifs is 1. The van der Waals surface area contributed by atoms with E-state index in [9.17, 15) is 4.39 Å². The zero-order valence-electron chi connectivity index (χ0n) is 13.7. The van der Waals surface area contributed by atoms with Gasteiger partial charge >= 0.3 is 0 Å².